The molecular weight excluding hydrogens is 292 g/mol. The van der Waals surface area contributed by atoms with Gasteiger partial charge in [0, 0.05) is 38.5 Å². The number of ether oxygens (including phenoxy) is 2. The first-order valence-electron chi connectivity index (χ1n) is 8.40. The van der Waals surface area contributed by atoms with Gasteiger partial charge < -0.3 is 19.7 Å². The number of likely N-dealkylation sites (tertiary alicyclic amines) is 1. The summed E-state index contributed by atoms with van der Waals surface area (Å²) in [5.41, 5.74) is 1.07. The van der Waals surface area contributed by atoms with E-state index in [1.807, 2.05) is 18.3 Å². The molecule has 0 amide bonds. The fraction of sp³-hybridized carbons (Fsp3) is 0.647. The van der Waals surface area contributed by atoms with E-state index in [1.54, 1.807) is 7.11 Å². The number of methoxy groups -OCH3 is 1. The van der Waals surface area contributed by atoms with Crippen LogP contribution in [0.15, 0.2) is 23.3 Å². The Balaban J connectivity index is 1.94. The standard InChI is InChI=1S/C17H28N4O2/c1-4-18-17(21-10-8-15(9-11-21)23-5-2)20-13-14-6-7-16(22-3)19-12-14/h6-7,12,15H,4-5,8-11,13H2,1-3H3,(H,18,20). The molecule has 1 N–H and O–H groups in total. The van der Waals surface area contributed by atoms with Crippen molar-refractivity contribution in [2.24, 2.45) is 4.99 Å². The number of rotatable bonds is 6. The highest BCUT2D eigenvalue weighted by molar-refractivity contribution is 5.80. The molecule has 1 aromatic heterocycles. The highest BCUT2D eigenvalue weighted by Crippen LogP contribution is 2.14. The Labute approximate surface area is 138 Å². The molecule has 1 aliphatic heterocycles. The van der Waals surface area contributed by atoms with Crippen LogP contribution in [0.5, 0.6) is 5.88 Å². The lowest BCUT2D eigenvalue weighted by Gasteiger charge is -2.34. The van der Waals surface area contributed by atoms with Gasteiger partial charge in [0.15, 0.2) is 5.96 Å². The minimum atomic E-state index is 0.393. The maximum Gasteiger partial charge on any atom is 0.212 e. The van der Waals surface area contributed by atoms with Crippen molar-refractivity contribution < 1.29 is 9.47 Å². The quantitative estimate of drug-likeness (QED) is 0.642. The summed E-state index contributed by atoms with van der Waals surface area (Å²) in [7, 11) is 1.62. The van der Waals surface area contributed by atoms with Crippen LogP contribution in [0, 0.1) is 0 Å². The van der Waals surface area contributed by atoms with Crippen LogP contribution < -0.4 is 10.1 Å². The molecular formula is C17H28N4O2. The number of guanidine groups is 1. The number of aliphatic imine (C=N–C) groups is 1. The number of nitrogens with one attached hydrogen (secondary N) is 1. The van der Waals surface area contributed by atoms with E-state index in [0.717, 1.165) is 50.6 Å². The van der Waals surface area contributed by atoms with E-state index in [1.165, 1.54) is 0 Å². The maximum atomic E-state index is 5.71. The molecule has 1 aromatic rings. The monoisotopic (exact) mass is 320 g/mol. The van der Waals surface area contributed by atoms with Crippen LogP contribution in [0.25, 0.3) is 0 Å². The molecule has 0 bridgehead atoms. The Bertz CT molecular complexity index is 482. The van der Waals surface area contributed by atoms with Gasteiger partial charge in [-0.3, -0.25) is 0 Å². The lowest BCUT2D eigenvalue weighted by Crippen LogP contribution is -2.47. The molecule has 0 aliphatic carbocycles. The Morgan fingerprint density at radius 2 is 2.13 bits per heavy atom. The van der Waals surface area contributed by atoms with Crippen molar-refractivity contribution in [3.05, 3.63) is 23.9 Å². The molecule has 2 heterocycles. The summed E-state index contributed by atoms with van der Waals surface area (Å²) < 4.78 is 10.8. The van der Waals surface area contributed by atoms with Crippen molar-refractivity contribution in [3.63, 3.8) is 0 Å². The predicted molar refractivity (Wildman–Crippen MR) is 91.8 cm³/mol. The van der Waals surface area contributed by atoms with E-state index in [0.29, 0.717) is 18.5 Å². The minimum Gasteiger partial charge on any atom is -0.481 e. The van der Waals surface area contributed by atoms with E-state index in [4.69, 9.17) is 14.5 Å². The second-order valence-electron chi connectivity index (χ2n) is 5.52. The molecule has 128 valence electrons. The number of nitrogens with zero attached hydrogens (tertiary/aromatic N) is 3. The number of pyridine rings is 1. The van der Waals surface area contributed by atoms with Gasteiger partial charge in [-0.1, -0.05) is 6.07 Å². The smallest absolute Gasteiger partial charge is 0.212 e. The van der Waals surface area contributed by atoms with E-state index in [2.05, 4.69) is 29.0 Å². The highest BCUT2D eigenvalue weighted by atomic mass is 16.5. The normalized spacial score (nSPS) is 16.5. The first-order valence-corrected chi connectivity index (χ1v) is 8.40. The van der Waals surface area contributed by atoms with E-state index >= 15 is 0 Å². The molecule has 0 saturated carbocycles. The second kappa shape index (κ2) is 9.35. The summed E-state index contributed by atoms with van der Waals surface area (Å²) >= 11 is 0. The molecule has 2 rings (SSSR count). The van der Waals surface area contributed by atoms with Gasteiger partial charge in [0.25, 0.3) is 0 Å². The van der Waals surface area contributed by atoms with Gasteiger partial charge in [0.2, 0.25) is 5.88 Å². The topological polar surface area (TPSA) is 59.0 Å². The van der Waals surface area contributed by atoms with Crippen LogP contribution in [0.1, 0.15) is 32.3 Å². The highest BCUT2D eigenvalue weighted by Gasteiger charge is 2.21. The Morgan fingerprint density at radius 3 is 2.70 bits per heavy atom. The fourth-order valence-corrected chi connectivity index (χ4v) is 2.69. The molecule has 6 nitrogen and oxygen atoms in total. The lowest BCUT2D eigenvalue weighted by atomic mass is 10.1. The SMILES string of the molecule is CCNC(=NCc1ccc(OC)nc1)N1CCC(OCC)CC1. The third-order valence-electron chi connectivity index (χ3n) is 3.90. The zero-order valence-electron chi connectivity index (χ0n) is 14.4. The lowest BCUT2D eigenvalue weighted by molar-refractivity contribution is 0.0263. The summed E-state index contributed by atoms with van der Waals surface area (Å²) in [5.74, 6) is 1.60. The molecule has 0 spiro atoms. The van der Waals surface area contributed by atoms with Gasteiger partial charge >= 0.3 is 0 Å². The summed E-state index contributed by atoms with van der Waals surface area (Å²) in [4.78, 5) is 11.3. The molecule has 1 saturated heterocycles. The van der Waals surface area contributed by atoms with Crippen molar-refractivity contribution >= 4 is 5.96 Å². The van der Waals surface area contributed by atoms with Gasteiger partial charge in [-0.2, -0.15) is 0 Å². The van der Waals surface area contributed by atoms with Crippen LogP contribution in [0.2, 0.25) is 0 Å². The number of hydrogen-bond acceptors (Lipinski definition) is 4. The zero-order chi connectivity index (χ0) is 16.5. The first kappa shape index (κ1) is 17.5. The first-order chi connectivity index (χ1) is 11.3. The maximum absolute atomic E-state index is 5.71. The van der Waals surface area contributed by atoms with Crippen LogP contribution >= 0.6 is 0 Å². The van der Waals surface area contributed by atoms with Gasteiger partial charge in [-0.15, -0.1) is 0 Å². The second-order valence-corrected chi connectivity index (χ2v) is 5.52. The van der Waals surface area contributed by atoms with Crippen LogP contribution in [-0.4, -0.2) is 55.3 Å². The van der Waals surface area contributed by atoms with Gasteiger partial charge in [0.1, 0.15) is 0 Å². The molecule has 0 radical (unpaired) electrons. The van der Waals surface area contributed by atoms with Crippen molar-refractivity contribution in [1.82, 2.24) is 15.2 Å². The molecule has 0 unspecified atom stereocenters. The molecule has 1 fully saturated rings. The number of piperidine rings is 1. The van der Waals surface area contributed by atoms with Gasteiger partial charge in [0.05, 0.1) is 19.8 Å². The largest absolute Gasteiger partial charge is 0.481 e. The summed E-state index contributed by atoms with van der Waals surface area (Å²) in [6, 6.07) is 3.87. The molecule has 0 atom stereocenters. The van der Waals surface area contributed by atoms with Crippen molar-refractivity contribution in [2.45, 2.75) is 39.3 Å². The molecule has 6 heteroatoms. The van der Waals surface area contributed by atoms with Gasteiger partial charge in [-0.05, 0) is 32.3 Å². The van der Waals surface area contributed by atoms with E-state index < -0.39 is 0 Å². The Morgan fingerprint density at radius 1 is 1.35 bits per heavy atom. The Kier molecular flexibility index (Phi) is 7.13. The van der Waals surface area contributed by atoms with Crippen molar-refractivity contribution in [2.75, 3.05) is 33.4 Å². The van der Waals surface area contributed by atoms with E-state index in [-0.39, 0.29) is 0 Å². The third-order valence-corrected chi connectivity index (χ3v) is 3.90. The summed E-state index contributed by atoms with van der Waals surface area (Å²) in [6.07, 6.45) is 4.32. The molecule has 1 aliphatic rings. The van der Waals surface area contributed by atoms with Crippen LogP contribution in [0.4, 0.5) is 0 Å². The minimum absolute atomic E-state index is 0.393. The van der Waals surface area contributed by atoms with Gasteiger partial charge in [-0.25, -0.2) is 9.98 Å². The summed E-state index contributed by atoms with van der Waals surface area (Å²) in [6.45, 7) is 8.39. The average Bonchev–Trinajstić information content (AvgIpc) is 2.60. The van der Waals surface area contributed by atoms with Crippen LogP contribution in [0.3, 0.4) is 0 Å². The third kappa shape index (κ3) is 5.39. The fourth-order valence-electron chi connectivity index (χ4n) is 2.69. The van der Waals surface area contributed by atoms with E-state index in [9.17, 15) is 0 Å². The molecule has 0 aromatic carbocycles. The Hall–Kier alpha value is -1.82. The number of aromatic nitrogens is 1. The molecule has 23 heavy (non-hydrogen) atoms. The van der Waals surface area contributed by atoms with Crippen molar-refractivity contribution in [3.8, 4) is 5.88 Å². The van der Waals surface area contributed by atoms with Crippen molar-refractivity contribution in [1.29, 1.82) is 0 Å². The average molecular weight is 320 g/mol. The summed E-state index contributed by atoms with van der Waals surface area (Å²) in [5, 5.41) is 3.38. The predicted octanol–water partition coefficient (Wildman–Crippen LogP) is 2.06. The zero-order valence-corrected chi connectivity index (χ0v) is 14.4. The number of hydrogen-bond donors (Lipinski definition) is 1. The van der Waals surface area contributed by atoms with Crippen LogP contribution in [-0.2, 0) is 11.3 Å².